The van der Waals surface area contributed by atoms with E-state index < -0.39 is 38.3 Å². The first-order chi connectivity index (χ1) is 10.6. The van der Waals surface area contributed by atoms with Crippen LogP contribution in [0.25, 0.3) is 0 Å². The summed E-state index contributed by atoms with van der Waals surface area (Å²) in [4.78, 5) is 9.70. The quantitative estimate of drug-likeness (QED) is 0.815. The number of sulfonamides is 1. The Morgan fingerprint density at radius 1 is 1.04 bits per heavy atom. The van der Waals surface area contributed by atoms with Gasteiger partial charge in [-0.1, -0.05) is 11.6 Å². The molecule has 0 fully saturated rings. The zero-order valence-corrected chi connectivity index (χ0v) is 12.6. The second kappa shape index (κ2) is 6.09. The molecule has 0 bridgehead atoms. The van der Waals surface area contributed by atoms with Gasteiger partial charge in [0, 0.05) is 12.1 Å². The minimum atomic E-state index is -4.57. The molecule has 2 aromatic rings. The first-order valence-corrected chi connectivity index (χ1v) is 7.68. The Morgan fingerprint density at radius 2 is 1.65 bits per heavy atom. The summed E-state index contributed by atoms with van der Waals surface area (Å²) in [5.41, 5.74) is -0.447. The second-order valence-corrected chi connectivity index (χ2v) is 6.36. The molecule has 2 rings (SSSR count). The van der Waals surface area contributed by atoms with Crippen molar-refractivity contribution < 1.29 is 31.5 Å². The van der Waals surface area contributed by atoms with Crippen LogP contribution >= 0.6 is 11.6 Å². The van der Waals surface area contributed by atoms with Gasteiger partial charge in [0.25, 0.3) is 10.0 Å². The standard InChI is InChI=1S/C13H7ClF3NO4S/c14-8-3-6(1-2-7(8)13(19)20)18-23(21,22)12-5-10(16)9(15)4-11(12)17/h1-5,18H,(H,19,20). The van der Waals surface area contributed by atoms with Gasteiger partial charge >= 0.3 is 5.97 Å². The minimum absolute atomic E-state index is 0.102. The van der Waals surface area contributed by atoms with Crippen molar-refractivity contribution in [3.05, 3.63) is 58.4 Å². The first-order valence-electron chi connectivity index (χ1n) is 5.82. The number of hydrogen-bond donors (Lipinski definition) is 2. The van der Waals surface area contributed by atoms with Crippen LogP contribution in [0.3, 0.4) is 0 Å². The van der Waals surface area contributed by atoms with Crippen LogP contribution in [-0.4, -0.2) is 19.5 Å². The van der Waals surface area contributed by atoms with E-state index in [9.17, 15) is 26.4 Å². The fourth-order valence-electron chi connectivity index (χ4n) is 1.67. The Morgan fingerprint density at radius 3 is 2.22 bits per heavy atom. The molecule has 10 heteroatoms. The first kappa shape index (κ1) is 17.1. The summed E-state index contributed by atoms with van der Waals surface area (Å²) in [6, 6.07) is 3.39. The third-order valence-electron chi connectivity index (χ3n) is 2.72. The van der Waals surface area contributed by atoms with E-state index in [1.807, 2.05) is 4.72 Å². The number of carboxylic acid groups (broad SMARTS) is 1. The Bertz CT molecular complexity index is 902. The lowest BCUT2D eigenvalue weighted by Crippen LogP contribution is -2.15. The number of benzene rings is 2. The van der Waals surface area contributed by atoms with Crippen LogP contribution in [0.5, 0.6) is 0 Å². The predicted molar refractivity (Wildman–Crippen MR) is 75.5 cm³/mol. The van der Waals surface area contributed by atoms with Crippen molar-refractivity contribution in [2.75, 3.05) is 4.72 Å². The summed E-state index contributed by atoms with van der Waals surface area (Å²) in [5.74, 6) is -5.87. The van der Waals surface area contributed by atoms with E-state index in [0.29, 0.717) is 0 Å². The highest BCUT2D eigenvalue weighted by Crippen LogP contribution is 2.25. The van der Waals surface area contributed by atoms with E-state index in [2.05, 4.69) is 0 Å². The van der Waals surface area contributed by atoms with Crippen molar-refractivity contribution in [1.82, 2.24) is 0 Å². The number of carbonyl (C=O) groups is 1. The molecule has 0 atom stereocenters. The second-order valence-electron chi connectivity index (χ2n) is 4.30. The smallest absolute Gasteiger partial charge is 0.337 e. The van der Waals surface area contributed by atoms with Crippen LogP contribution in [-0.2, 0) is 10.0 Å². The maximum Gasteiger partial charge on any atom is 0.337 e. The molecule has 2 aromatic carbocycles. The van der Waals surface area contributed by atoms with Crippen LogP contribution in [0, 0.1) is 17.5 Å². The van der Waals surface area contributed by atoms with Crippen LogP contribution in [0.4, 0.5) is 18.9 Å². The van der Waals surface area contributed by atoms with Gasteiger partial charge in [-0.2, -0.15) is 0 Å². The third kappa shape index (κ3) is 3.57. The average Bonchev–Trinajstić information content (AvgIpc) is 2.41. The summed E-state index contributed by atoms with van der Waals surface area (Å²) in [5, 5.41) is 8.55. The molecule has 0 aromatic heterocycles. The Hall–Kier alpha value is -2.26. The molecule has 122 valence electrons. The number of carboxylic acids is 1. The van der Waals surface area contributed by atoms with Gasteiger partial charge in [-0.3, -0.25) is 4.72 Å². The van der Waals surface area contributed by atoms with E-state index in [1.165, 1.54) is 0 Å². The summed E-state index contributed by atoms with van der Waals surface area (Å²) in [6.07, 6.45) is 0. The van der Waals surface area contributed by atoms with Gasteiger partial charge in [-0.25, -0.2) is 26.4 Å². The van der Waals surface area contributed by atoms with Crippen molar-refractivity contribution in [3.63, 3.8) is 0 Å². The Balaban J connectivity index is 2.41. The fourth-order valence-corrected chi connectivity index (χ4v) is 3.06. The molecular weight excluding hydrogens is 359 g/mol. The fraction of sp³-hybridized carbons (Fsp3) is 0. The molecule has 0 heterocycles. The summed E-state index contributed by atoms with van der Waals surface area (Å²) in [7, 11) is -4.57. The zero-order chi connectivity index (χ0) is 17.4. The molecule has 23 heavy (non-hydrogen) atoms. The van der Waals surface area contributed by atoms with E-state index in [1.54, 1.807) is 0 Å². The van der Waals surface area contributed by atoms with Crippen LogP contribution in [0.1, 0.15) is 10.4 Å². The molecule has 0 unspecified atom stereocenters. The van der Waals surface area contributed by atoms with E-state index in [4.69, 9.17) is 16.7 Å². The van der Waals surface area contributed by atoms with Gasteiger partial charge in [-0.05, 0) is 18.2 Å². The minimum Gasteiger partial charge on any atom is -0.478 e. The lowest BCUT2D eigenvalue weighted by molar-refractivity contribution is 0.0697. The lowest BCUT2D eigenvalue weighted by atomic mass is 10.2. The van der Waals surface area contributed by atoms with Crippen LogP contribution in [0.15, 0.2) is 35.2 Å². The molecule has 0 radical (unpaired) electrons. The van der Waals surface area contributed by atoms with Crippen molar-refractivity contribution in [2.45, 2.75) is 4.90 Å². The highest BCUT2D eigenvalue weighted by atomic mass is 35.5. The van der Waals surface area contributed by atoms with Crippen LogP contribution in [0.2, 0.25) is 5.02 Å². The van der Waals surface area contributed by atoms with E-state index in [-0.39, 0.29) is 28.4 Å². The van der Waals surface area contributed by atoms with Gasteiger partial charge in [0.2, 0.25) is 0 Å². The number of anilines is 1. The molecule has 0 aliphatic rings. The molecule has 0 aliphatic carbocycles. The number of hydrogen-bond acceptors (Lipinski definition) is 3. The Kier molecular flexibility index (Phi) is 4.53. The lowest BCUT2D eigenvalue weighted by Gasteiger charge is -2.10. The maximum absolute atomic E-state index is 13.5. The van der Waals surface area contributed by atoms with Gasteiger partial charge in [-0.15, -0.1) is 0 Å². The topological polar surface area (TPSA) is 83.5 Å². The van der Waals surface area contributed by atoms with E-state index in [0.717, 1.165) is 18.2 Å². The summed E-state index contributed by atoms with van der Waals surface area (Å²) in [6.45, 7) is 0. The third-order valence-corrected chi connectivity index (χ3v) is 4.43. The van der Waals surface area contributed by atoms with Gasteiger partial charge in [0.1, 0.15) is 10.7 Å². The van der Waals surface area contributed by atoms with Gasteiger partial charge in [0.15, 0.2) is 11.6 Å². The normalized spacial score (nSPS) is 11.3. The van der Waals surface area contributed by atoms with Crippen molar-refractivity contribution in [3.8, 4) is 0 Å². The van der Waals surface area contributed by atoms with E-state index >= 15 is 0 Å². The van der Waals surface area contributed by atoms with Crippen molar-refractivity contribution >= 4 is 33.3 Å². The molecule has 0 aliphatic heterocycles. The molecule has 0 amide bonds. The summed E-state index contributed by atoms with van der Waals surface area (Å²) < 4.78 is 65.4. The predicted octanol–water partition coefficient (Wildman–Crippen LogP) is 3.26. The Labute approximate surface area is 133 Å². The number of nitrogens with one attached hydrogen (secondary N) is 1. The molecule has 5 nitrogen and oxygen atoms in total. The van der Waals surface area contributed by atoms with Crippen molar-refractivity contribution in [2.24, 2.45) is 0 Å². The molecule has 2 N–H and O–H groups in total. The number of aromatic carboxylic acids is 1. The number of rotatable bonds is 4. The molecule has 0 saturated heterocycles. The monoisotopic (exact) mass is 365 g/mol. The zero-order valence-electron chi connectivity index (χ0n) is 11.0. The summed E-state index contributed by atoms with van der Waals surface area (Å²) >= 11 is 5.68. The van der Waals surface area contributed by atoms with Gasteiger partial charge < -0.3 is 5.11 Å². The largest absolute Gasteiger partial charge is 0.478 e. The maximum atomic E-state index is 13.5. The van der Waals surface area contributed by atoms with Gasteiger partial charge in [0.05, 0.1) is 16.3 Å². The SMILES string of the molecule is O=C(O)c1ccc(NS(=O)(=O)c2cc(F)c(F)cc2F)cc1Cl. The highest BCUT2D eigenvalue weighted by molar-refractivity contribution is 7.92. The molecule has 0 saturated carbocycles. The van der Waals surface area contributed by atoms with Crippen LogP contribution < -0.4 is 4.72 Å². The van der Waals surface area contributed by atoms with Crippen molar-refractivity contribution in [1.29, 1.82) is 0 Å². The number of halogens is 4. The average molecular weight is 366 g/mol. The molecular formula is C13H7ClF3NO4S. The molecule has 0 spiro atoms. The highest BCUT2D eigenvalue weighted by Gasteiger charge is 2.23.